The number of imidazole rings is 4. The third kappa shape index (κ3) is 3.86. The molecule has 12 nitrogen and oxygen atoms in total. The number of benzene rings is 8. The molecule has 0 unspecified atom stereocenters. The van der Waals surface area contributed by atoms with E-state index in [0.717, 1.165) is 65.9 Å². The van der Waals surface area contributed by atoms with Crippen LogP contribution in [-0.2, 0) is 0 Å². The second-order valence-electron chi connectivity index (χ2n) is 17.8. The highest BCUT2D eigenvalue weighted by Crippen LogP contribution is 2.40. The number of rotatable bonds is 1. The molecule has 0 saturated carbocycles. The van der Waals surface area contributed by atoms with Crippen molar-refractivity contribution in [3.05, 3.63) is 174 Å². The van der Waals surface area contributed by atoms with E-state index in [1.54, 1.807) is 29.7 Å². The highest BCUT2D eigenvalue weighted by molar-refractivity contribution is 6.29. The number of pyridine rings is 4. The first-order valence-corrected chi connectivity index (χ1v) is 21.6. The Kier molecular flexibility index (Phi) is 5.79. The fraction of sp³-hybridized carbons (Fsp3) is 0.0370. The average molecular weight is 851 g/mol. The first-order chi connectivity index (χ1) is 32.2. The molecule has 0 aliphatic carbocycles. The Labute approximate surface area is 366 Å². The van der Waals surface area contributed by atoms with Gasteiger partial charge in [-0.25, -0.2) is 19.9 Å². The molecule has 0 N–H and O–H groups in total. The second kappa shape index (κ2) is 11.1. The fourth-order valence-electron chi connectivity index (χ4n) is 11.4. The molecule has 16 aromatic rings. The molecule has 0 fully saturated rings. The van der Waals surface area contributed by atoms with Gasteiger partial charge in [-0.05, 0) is 133 Å². The molecule has 8 aromatic carbocycles. The van der Waals surface area contributed by atoms with Gasteiger partial charge in [0, 0.05) is 64.6 Å². The summed E-state index contributed by atoms with van der Waals surface area (Å²) in [5, 5.41) is 7.95. The lowest BCUT2D eigenvalue weighted by Gasteiger charge is -2.12. The zero-order valence-electron chi connectivity index (χ0n) is 34.8. The molecule has 8 heterocycles. The molecule has 12 heteroatoms. The fourth-order valence-corrected chi connectivity index (χ4v) is 11.4. The number of fused-ring (bicyclic) bond motifs is 16. The third-order valence-electron chi connectivity index (χ3n) is 14.3. The summed E-state index contributed by atoms with van der Waals surface area (Å²) in [7, 11) is 0. The highest BCUT2D eigenvalue weighted by atomic mass is 16.1. The SMILES string of the molecule is Cc1ccc2nc3c4ccc5c(=O)n6c7cc(-c8ccc9nc%10c%11ccc%12c%13c(ccc(c(=O)n%10c9c8)c%11%13)c(=O)n8c9cc(C)ccc9nc%128)ccc7nc6c6ccc(c(=O)n3c2c1)c4c56. The van der Waals surface area contributed by atoms with Gasteiger partial charge >= 0.3 is 0 Å². The predicted molar refractivity (Wildman–Crippen MR) is 261 cm³/mol. The smallest absolute Gasteiger partial charge is 0.264 e. The molecule has 0 aliphatic heterocycles. The van der Waals surface area contributed by atoms with Crippen molar-refractivity contribution in [3.63, 3.8) is 0 Å². The van der Waals surface area contributed by atoms with Crippen molar-refractivity contribution < 1.29 is 0 Å². The molecule has 0 amide bonds. The lowest BCUT2D eigenvalue weighted by Crippen LogP contribution is -2.16. The van der Waals surface area contributed by atoms with Crippen molar-refractivity contribution in [2.24, 2.45) is 0 Å². The van der Waals surface area contributed by atoms with E-state index in [-0.39, 0.29) is 22.2 Å². The molecule has 0 atom stereocenters. The first-order valence-electron chi connectivity index (χ1n) is 21.6. The molecule has 0 spiro atoms. The molecule has 0 saturated heterocycles. The van der Waals surface area contributed by atoms with Crippen molar-refractivity contribution >= 4 is 131 Å². The average Bonchev–Trinajstić information content (AvgIpc) is 4.11. The highest BCUT2D eigenvalue weighted by Gasteiger charge is 2.25. The minimum absolute atomic E-state index is 0.179. The normalized spacial score (nSPS) is 12.9. The van der Waals surface area contributed by atoms with E-state index >= 15 is 0 Å². The van der Waals surface area contributed by atoms with Crippen molar-refractivity contribution in [2.45, 2.75) is 13.8 Å². The van der Waals surface area contributed by atoms with Crippen molar-refractivity contribution in [1.82, 2.24) is 37.5 Å². The maximum absolute atomic E-state index is 14.7. The van der Waals surface area contributed by atoms with Gasteiger partial charge in [0.15, 0.2) is 0 Å². The van der Waals surface area contributed by atoms with E-state index in [1.807, 2.05) is 123 Å². The van der Waals surface area contributed by atoms with Crippen LogP contribution < -0.4 is 22.2 Å². The van der Waals surface area contributed by atoms with Crippen LogP contribution in [0.5, 0.6) is 0 Å². The standard InChI is InChI=1S/C54H26N8O4/c1-23-3-15-35-39(19-23)59-47(55-35)27-7-8-28-44-34(14-13-33(43(27)44)52(59)64)54(66)61-41-21-25(5-17-37(41)57-49(28)61)26-6-18-38-42(22-26)62-50(58-38)30-10-11-31-45-29(9-12-32(46(30)45)53(62)65)48-56-36-16-4-24(2)20-40(36)60(48)51(31)63/h3-22H,1-2H3. The number of hydrogen-bond donors (Lipinski definition) is 0. The van der Waals surface area contributed by atoms with Crippen LogP contribution in [0, 0.1) is 13.8 Å². The van der Waals surface area contributed by atoms with Gasteiger partial charge in [0.25, 0.3) is 22.2 Å². The van der Waals surface area contributed by atoms with Gasteiger partial charge < -0.3 is 0 Å². The van der Waals surface area contributed by atoms with E-state index in [4.69, 9.17) is 19.9 Å². The quantitative estimate of drug-likeness (QED) is 0.149. The van der Waals surface area contributed by atoms with E-state index in [2.05, 4.69) is 0 Å². The Hall–Kier alpha value is -9.16. The molecular weight excluding hydrogens is 825 g/mol. The summed E-state index contributed by atoms with van der Waals surface area (Å²) in [6.07, 6.45) is 0. The Morgan fingerprint density at radius 1 is 0.303 bits per heavy atom. The van der Waals surface area contributed by atoms with Crippen LogP contribution in [0.15, 0.2) is 141 Å². The maximum atomic E-state index is 14.7. The maximum Gasteiger partial charge on any atom is 0.264 e. The van der Waals surface area contributed by atoms with Crippen LogP contribution in [0.1, 0.15) is 11.1 Å². The minimum atomic E-state index is -0.234. The summed E-state index contributed by atoms with van der Waals surface area (Å²) in [6.45, 7) is 3.99. The zero-order valence-corrected chi connectivity index (χ0v) is 34.8. The molecule has 306 valence electrons. The lowest BCUT2D eigenvalue weighted by atomic mass is 9.96. The van der Waals surface area contributed by atoms with Crippen molar-refractivity contribution in [1.29, 1.82) is 0 Å². The van der Waals surface area contributed by atoms with Crippen LogP contribution in [0.2, 0.25) is 0 Å². The Bertz CT molecular complexity index is 4970. The van der Waals surface area contributed by atoms with Crippen LogP contribution in [0.3, 0.4) is 0 Å². The first kappa shape index (κ1) is 34.3. The van der Waals surface area contributed by atoms with Gasteiger partial charge in [-0.2, -0.15) is 0 Å². The van der Waals surface area contributed by atoms with Gasteiger partial charge in [-0.3, -0.25) is 36.8 Å². The monoisotopic (exact) mass is 850 g/mol. The molecule has 0 radical (unpaired) electrons. The van der Waals surface area contributed by atoms with Gasteiger partial charge in [0.2, 0.25) is 0 Å². The van der Waals surface area contributed by atoms with Crippen LogP contribution in [0.4, 0.5) is 0 Å². The summed E-state index contributed by atoms with van der Waals surface area (Å²) in [6, 6.07) is 38.5. The summed E-state index contributed by atoms with van der Waals surface area (Å²) < 4.78 is 6.70. The summed E-state index contributed by atoms with van der Waals surface area (Å²) in [5.41, 5.74) is 10.6. The molecule has 16 rings (SSSR count). The van der Waals surface area contributed by atoms with E-state index in [0.29, 0.717) is 87.7 Å². The number of hydrogen-bond acceptors (Lipinski definition) is 8. The predicted octanol–water partition coefficient (Wildman–Crippen LogP) is 9.29. The molecule has 8 aromatic heterocycles. The second-order valence-corrected chi connectivity index (χ2v) is 17.8. The van der Waals surface area contributed by atoms with Crippen LogP contribution in [0.25, 0.3) is 142 Å². The topological polar surface area (TPSA) is 137 Å². The molecule has 66 heavy (non-hydrogen) atoms. The summed E-state index contributed by atoms with van der Waals surface area (Å²) in [5.74, 6) is 0. The largest absolute Gasteiger partial charge is 0.268 e. The Morgan fingerprint density at radius 3 is 0.864 bits per heavy atom. The minimum Gasteiger partial charge on any atom is -0.268 e. The van der Waals surface area contributed by atoms with Gasteiger partial charge in [0.1, 0.15) is 22.6 Å². The van der Waals surface area contributed by atoms with E-state index in [9.17, 15) is 19.2 Å². The molecule has 0 aliphatic rings. The zero-order chi connectivity index (χ0) is 43.8. The lowest BCUT2D eigenvalue weighted by molar-refractivity contribution is 1.18. The number of aryl methyl sites for hydroxylation is 2. The molecule has 0 bridgehead atoms. The van der Waals surface area contributed by atoms with Crippen molar-refractivity contribution in [3.8, 4) is 11.1 Å². The summed E-state index contributed by atoms with van der Waals surface area (Å²) in [4.78, 5) is 77.7. The van der Waals surface area contributed by atoms with Crippen LogP contribution >= 0.6 is 0 Å². The molecular formula is C54H26N8O4. The van der Waals surface area contributed by atoms with Gasteiger partial charge in [0.05, 0.1) is 44.1 Å². The van der Waals surface area contributed by atoms with E-state index in [1.165, 1.54) is 0 Å². The third-order valence-corrected chi connectivity index (χ3v) is 14.3. The van der Waals surface area contributed by atoms with Crippen molar-refractivity contribution in [2.75, 3.05) is 0 Å². The van der Waals surface area contributed by atoms with Gasteiger partial charge in [-0.15, -0.1) is 0 Å². The summed E-state index contributed by atoms with van der Waals surface area (Å²) >= 11 is 0. The van der Waals surface area contributed by atoms with Crippen LogP contribution in [-0.4, -0.2) is 37.5 Å². The van der Waals surface area contributed by atoms with Gasteiger partial charge in [-0.1, -0.05) is 24.3 Å². The van der Waals surface area contributed by atoms with E-state index < -0.39 is 0 Å². The Balaban J connectivity index is 0.904. The number of nitrogens with zero attached hydrogens (tertiary/aromatic N) is 8. The number of aromatic nitrogens is 8. The Morgan fingerprint density at radius 2 is 0.561 bits per heavy atom.